The molecule has 1 aliphatic rings. The molecule has 5 N–H and O–H groups in total. The van der Waals surface area contributed by atoms with Gasteiger partial charge in [-0.05, 0) is 63.1 Å². The summed E-state index contributed by atoms with van der Waals surface area (Å²) in [7, 11) is -3.79. The van der Waals surface area contributed by atoms with Gasteiger partial charge in [-0.25, -0.2) is 18.4 Å². The Morgan fingerprint density at radius 1 is 1.09 bits per heavy atom. The van der Waals surface area contributed by atoms with E-state index in [1.165, 1.54) is 17.0 Å². The van der Waals surface area contributed by atoms with Gasteiger partial charge in [-0.1, -0.05) is 18.2 Å². The fourth-order valence-corrected chi connectivity index (χ4v) is 3.57. The number of nitrogens with one attached hydrogen (secondary N) is 1. The van der Waals surface area contributed by atoms with Crippen molar-refractivity contribution in [3.8, 4) is 5.75 Å². The van der Waals surface area contributed by atoms with Crippen LogP contribution in [0.2, 0.25) is 0 Å². The zero-order valence-corrected chi connectivity index (χ0v) is 19.3. The average molecular weight is 461 g/mol. The largest absolute Gasteiger partial charge is 0.456 e. The smallest absolute Gasteiger partial charge is 0.410 e. The monoisotopic (exact) mass is 460 g/mol. The molecular weight excluding hydrogens is 432 g/mol. The Morgan fingerprint density at radius 2 is 1.69 bits per heavy atom. The molecule has 0 fully saturated rings. The number of fused-ring (bicyclic) bond motifs is 1. The first-order valence-electron chi connectivity index (χ1n) is 9.96. The van der Waals surface area contributed by atoms with Crippen LogP contribution >= 0.6 is 0 Å². The van der Waals surface area contributed by atoms with Gasteiger partial charge in [-0.2, -0.15) is 0 Å². The SMILES string of the molecule is CC1=C(N)Nc2cc(CN(Cc3ccc(S(N)(=O)=O)cc3)C(=O)OC(C)(C)C)ccc2O1. The number of primary sulfonamides is 1. The van der Waals surface area contributed by atoms with E-state index < -0.39 is 21.7 Å². The molecule has 10 heteroatoms. The van der Waals surface area contributed by atoms with Crippen molar-refractivity contribution in [2.75, 3.05) is 5.32 Å². The number of sulfonamides is 1. The van der Waals surface area contributed by atoms with E-state index >= 15 is 0 Å². The number of hydrogen-bond acceptors (Lipinski definition) is 7. The molecule has 0 saturated carbocycles. The zero-order chi connectivity index (χ0) is 23.7. The summed E-state index contributed by atoms with van der Waals surface area (Å²) in [5, 5.41) is 8.25. The van der Waals surface area contributed by atoms with E-state index in [1.807, 2.05) is 18.2 Å². The van der Waals surface area contributed by atoms with Crippen LogP contribution in [0.4, 0.5) is 10.5 Å². The highest BCUT2D eigenvalue weighted by molar-refractivity contribution is 7.89. The Labute approximate surface area is 188 Å². The first-order valence-corrected chi connectivity index (χ1v) is 11.5. The van der Waals surface area contributed by atoms with Crippen LogP contribution < -0.4 is 20.9 Å². The molecular formula is C22H28N4O5S. The highest BCUT2D eigenvalue weighted by Gasteiger charge is 2.24. The molecule has 0 saturated heterocycles. The summed E-state index contributed by atoms with van der Waals surface area (Å²) in [4.78, 5) is 14.4. The van der Waals surface area contributed by atoms with E-state index in [9.17, 15) is 13.2 Å². The lowest BCUT2D eigenvalue weighted by molar-refractivity contribution is 0.0216. The summed E-state index contributed by atoms with van der Waals surface area (Å²) in [5.41, 5.74) is 7.50. The van der Waals surface area contributed by atoms with E-state index in [0.717, 1.165) is 11.1 Å². The van der Waals surface area contributed by atoms with Crippen molar-refractivity contribution in [2.24, 2.45) is 10.9 Å². The average Bonchev–Trinajstić information content (AvgIpc) is 2.67. The Bertz CT molecular complexity index is 1150. The summed E-state index contributed by atoms with van der Waals surface area (Å²) in [6.45, 7) is 7.61. The Hall–Kier alpha value is -3.24. The van der Waals surface area contributed by atoms with Gasteiger partial charge in [0.2, 0.25) is 10.0 Å². The van der Waals surface area contributed by atoms with Crippen LogP contribution in [0.3, 0.4) is 0 Å². The highest BCUT2D eigenvalue weighted by atomic mass is 32.2. The fraction of sp³-hybridized carbons (Fsp3) is 0.318. The van der Waals surface area contributed by atoms with E-state index in [0.29, 0.717) is 23.0 Å². The van der Waals surface area contributed by atoms with E-state index in [2.05, 4.69) is 5.32 Å². The van der Waals surface area contributed by atoms with Crippen LogP contribution in [0.15, 0.2) is 58.9 Å². The summed E-state index contributed by atoms with van der Waals surface area (Å²) in [6.07, 6.45) is -0.495. The number of hydrogen-bond donors (Lipinski definition) is 3. The molecule has 3 rings (SSSR count). The molecule has 0 aliphatic carbocycles. The Morgan fingerprint density at radius 3 is 2.28 bits per heavy atom. The van der Waals surface area contributed by atoms with Crippen LogP contribution in [0, 0.1) is 0 Å². The number of ether oxygens (including phenoxy) is 2. The topological polar surface area (TPSA) is 137 Å². The van der Waals surface area contributed by atoms with Crippen molar-refractivity contribution in [1.29, 1.82) is 0 Å². The maximum absolute atomic E-state index is 12.9. The van der Waals surface area contributed by atoms with Crippen molar-refractivity contribution in [3.63, 3.8) is 0 Å². The van der Waals surface area contributed by atoms with Gasteiger partial charge >= 0.3 is 6.09 Å². The Balaban J connectivity index is 1.84. The number of nitrogens with zero attached hydrogens (tertiary/aromatic N) is 1. The zero-order valence-electron chi connectivity index (χ0n) is 18.5. The van der Waals surface area contributed by atoms with Crippen LogP contribution in [0.25, 0.3) is 0 Å². The lowest BCUT2D eigenvalue weighted by atomic mass is 10.1. The van der Waals surface area contributed by atoms with Gasteiger partial charge in [-0.15, -0.1) is 0 Å². The van der Waals surface area contributed by atoms with E-state index in [-0.39, 0.29) is 18.0 Å². The molecule has 9 nitrogen and oxygen atoms in total. The first kappa shape index (κ1) is 23.4. The van der Waals surface area contributed by atoms with Gasteiger partial charge in [0, 0.05) is 13.1 Å². The number of nitrogens with two attached hydrogens (primary N) is 2. The molecule has 0 unspecified atom stereocenters. The maximum atomic E-state index is 12.9. The molecule has 0 bridgehead atoms. The van der Waals surface area contributed by atoms with E-state index in [1.54, 1.807) is 39.8 Å². The van der Waals surface area contributed by atoms with Crippen molar-refractivity contribution in [2.45, 2.75) is 51.3 Å². The second kappa shape index (κ2) is 8.71. The number of rotatable bonds is 5. The van der Waals surface area contributed by atoms with Gasteiger partial charge in [0.15, 0.2) is 5.75 Å². The molecule has 32 heavy (non-hydrogen) atoms. The number of carbonyl (C=O) groups excluding carboxylic acids is 1. The molecule has 0 radical (unpaired) electrons. The molecule has 2 aromatic carbocycles. The van der Waals surface area contributed by atoms with Crippen LogP contribution in [0.1, 0.15) is 38.8 Å². The number of benzene rings is 2. The van der Waals surface area contributed by atoms with Gasteiger partial charge in [0.1, 0.15) is 17.2 Å². The first-order chi connectivity index (χ1) is 14.8. The lowest BCUT2D eigenvalue weighted by Gasteiger charge is -2.28. The van der Waals surface area contributed by atoms with Gasteiger partial charge in [0.25, 0.3) is 0 Å². The van der Waals surface area contributed by atoms with Crippen molar-refractivity contribution >= 4 is 21.8 Å². The molecule has 0 spiro atoms. The van der Waals surface area contributed by atoms with Crippen molar-refractivity contribution in [1.82, 2.24) is 4.90 Å². The van der Waals surface area contributed by atoms with Crippen LogP contribution in [0.5, 0.6) is 5.75 Å². The predicted molar refractivity (Wildman–Crippen MR) is 121 cm³/mol. The van der Waals surface area contributed by atoms with Crippen molar-refractivity contribution in [3.05, 3.63) is 65.2 Å². The Kier molecular flexibility index (Phi) is 6.38. The second-order valence-corrected chi connectivity index (χ2v) is 10.1. The number of anilines is 1. The standard InChI is InChI=1S/C22H28N4O5S/c1-14-20(23)25-18-11-16(7-10-19(18)30-14)13-26(21(27)31-22(2,3)4)12-15-5-8-17(9-6-15)32(24,28)29/h5-11,25H,12-13,23H2,1-4H3,(H2,24,28,29). The molecule has 172 valence electrons. The molecule has 2 aromatic rings. The molecule has 0 aromatic heterocycles. The van der Waals surface area contributed by atoms with Crippen molar-refractivity contribution < 1.29 is 22.7 Å². The third kappa shape index (κ3) is 5.92. The molecule has 1 heterocycles. The normalized spacial score (nSPS) is 13.7. The maximum Gasteiger partial charge on any atom is 0.410 e. The second-order valence-electron chi connectivity index (χ2n) is 8.55. The predicted octanol–water partition coefficient (Wildman–Crippen LogP) is 3.22. The summed E-state index contributed by atoms with van der Waals surface area (Å²) < 4.78 is 34.2. The molecule has 1 amide bonds. The number of carbonyl (C=O) groups is 1. The van der Waals surface area contributed by atoms with E-state index in [4.69, 9.17) is 20.3 Å². The van der Waals surface area contributed by atoms with Gasteiger partial charge < -0.3 is 20.5 Å². The van der Waals surface area contributed by atoms with Crippen LogP contribution in [-0.4, -0.2) is 25.0 Å². The number of allylic oxidation sites excluding steroid dienone is 1. The minimum atomic E-state index is -3.79. The summed E-state index contributed by atoms with van der Waals surface area (Å²) >= 11 is 0. The number of amides is 1. The fourth-order valence-electron chi connectivity index (χ4n) is 3.05. The highest BCUT2D eigenvalue weighted by Crippen LogP contribution is 2.32. The summed E-state index contributed by atoms with van der Waals surface area (Å²) in [5.74, 6) is 1.65. The molecule has 0 atom stereocenters. The van der Waals surface area contributed by atoms with Gasteiger partial charge in [-0.3, -0.25) is 4.90 Å². The third-order valence-corrected chi connectivity index (χ3v) is 5.54. The lowest BCUT2D eigenvalue weighted by Crippen LogP contribution is -2.36. The molecule has 1 aliphatic heterocycles. The minimum Gasteiger partial charge on any atom is -0.456 e. The minimum absolute atomic E-state index is 0.00627. The third-order valence-electron chi connectivity index (χ3n) is 4.61. The van der Waals surface area contributed by atoms with Gasteiger partial charge in [0.05, 0.1) is 10.6 Å². The van der Waals surface area contributed by atoms with Crippen LogP contribution in [-0.2, 0) is 27.8 Å². The quantitative estimate of drug-likeness (QED) is 0.623. The summed E-state index contributed by atoms with van der Waals surface area (Å²) in [6, 6.07) is 11.6.